The Labute approximate surface area is 152 Å². The Hall–Kier alpha value is -2.03. The maximum Gasteiger partial charge on any atom is 0.287 e. The second-order valence-electron chi connectivity index (χ2n) is 5.95. The topological polar surface area (TPSA) is 128 Å². The lowest BCUT2D eigenvalue weighted by Gasteiger charge is -2.26. The van der Waals surface area contributed by atoms with E-state index in [1.54, 1.807) is 6.07 Å². The van der Waals surface area contributed by atoms with Crippen LogP contribution in [0.1, 0.15) is 46.3 Å². The second kappa shape index (κ2) is 7.07. The number of amides is 1. The van der Waals surface area contributed by atoms with Gasteiger partial charge in [0, 0.05) is 11.8 Å². The summed E-state index contributed by atoms with van der Waals surface area (Å²) in [6.07, 6.45) is 2.65. The smallest absolute Gasteiger partial charge is 0.287 e. The fourth-order valence-electron chi connectivity index (χ4n) is 3.07. The number of furan rings is 1. The molecule has 1 aliphatic carbocycles. The number of sulfonamides is 1. The van der Waals surface area contributed by atoms with E-state index in [1.165, 1.54) is 6.92 Å². The first-order valence-corrected chi connectivity index (χ1v) is 9.13. The van der Waals surface area contributed by atoms with Crippen molar-refractivity contribution in [1.29, 1.82) is 0 Å². The van der Waals surface area contributed by atoms with Crippen molar-refractivity contribution in [3.05, 3.63) is 46.9 Å². The molecule has 0 bridgehead atoms. The van der Waals surface area contributed by atoms with E-state index in [-0.39, 0.29) is 34.9 Å². The van der Waals surface area contributed by atoms with Crippen LogP contribution in [0.4, 0.5) is 5.69 Å². The molecule has 5 N–H and O–H groups in total. The number of nitrogens with one attached hydrogen (secondary N) is 1. The predicted octanol–water partition coefficient (Wildman–Crippen LogP) is 2.05. The summed E-state index contributed by atoms with van der Waals surface area (Å²) in [5.41, 5.74) is 8.65. The molecule has 1 aliphatic rings. The van der Waals surface area contributed by atoms with Crippen molar-refractivity contribution in [2.24, 2.45) is 5.14 Å². The summed E-state index contributed by atoms with van der Waals surface area (Å²) in [6, 6.07) is 6.64. The zero-order valence-corrected chi connectivity index (χ0v) is 15.2. The Kier molecular flexibility index (Phi) is 5.46. The molecule has 0 saturated carbocycles. The Bertz CT molecular complexity index is 908. The molecule has 25 heavy (non-hydrogen) atoms. The molecule has 7 nitrogen and oxygen atoms in total. The van der Waals surface area contributed by atoms with Crippen molar-refractivity contribution in [3.63, 3.8) is 0 Å². The third-order valence-electron chi connectivity index (χ3n) is 4.19. The van der Waals surface area contributed by atoms with Crippen LogP contribution in [0.2, 0.25) is 0 Å². The highest BCUT2D eigenvalue weighted by atomic mass is 35.5. The third kappa shape index (κ3) is 3.97. The fourth-order valence-corrected chi connectivity index (χ4v) is 3.79. The minimum Gasteiger partial charge on any atom is -0.455 e. The van der Waals surface area contributed by atoms with E-state index < -0.39 is 15.9 Å². The Morgan fingerprint density at radius 3 is 2.68 bits per heavy atom. The number of aryl methyl sites for hydroxylation is 2. The number of fused-ring (bicyclic) bond motifs is 1. The van der Waals surface area contributed by atoms with Crippen LogP contribution in [0.5, 0.6) is 0 Å². The van der Waals surface area contributed by atoms with Gasteiger partial charge in [-0.05, 0) is 49.4 Å². The maximum atomic E-state index is 12.4. The summed E-state index contributed by atoms with van der Waals surface area (Å²) < 4.78 is 28.2. The summed E-state index contributed by atoms with van der Waals surface area (Å²) in [5, 5.41) is 8.00. The first-order valence-electron chi connectivity index (χ1n) is 7.58. The second-order valence-corrected chi connectivity index (χ2v) is 7.48. The molecule has 1 unspecified atom stereocenters. The summed E-state index contributed by atoms with van der Waals surface area (Å²) in [4.78, 5) is 12.2. The van der Waals surface area contributed by atoms with Gasteiger partial charge in [0.25, 0.3) is 5.91 Å². The lowest BCUT2D eigenvalue weighted by atomic mass is 9.87. The highest BCUT2D eigenvalue weighted by molar-refractivity contribution is 7.89. The van der Waals surface area contributed by atoms with Gasteiger partial charge in [0.1, 0.15) is 10.7 Å². The van der Waals surface area contributed by atoms with Crippen LogP contribution in [-0.2, 0) is 16.4 Å². The largest absolute Gasteiger partial charge is 0.455 e. The van der Waals surface area contributed by atoms with Crippen molar-refractivity contribution in [3.8, 4) is 0 Å². The predicted molar refractivity (Wildman–Crippen MR) is 96.1 cm³/mol. The molecule has 1 amide bonds. The van der Waals surface area contributed by atoms with E-state index in [4.69, 9.17) is 15.3 Å². The van der Waals surface area contributed by atoms with Crippen LogP contribution in [0.15, 0.2) is 33.6 Å². The summed E-state index contributed by atoms with van der Waals surface area (Å²) >= 11 is 0. The number of anilines is 1. The molecule has 1 heterocycles. The van der Waals surface area contributed by atoms with Crippen molar-refractivity contribution >= 4 is 34.0 Å². The number of nitrogen functional groups attached to an aromatic ring is 1. The highest BCUT2D eigenvalue weighted by Crippen LogP contribution is 2.31. The van der Waals surface area contributed by atoms with Gasteiger partial charge in [0.15, 0.2) is 5.76 Å². The molecule has 0 fully saturated rings. The van der Waals surface area contributed by atoms with E-state index in [0.29, 0.717) is 5.69 Å². The minimum atomic E-state index is -3.92. The first kappa shape index (κ1) is 19.3. The number of carbonyl (C=O) groups excluding carboxylic acids is 1. The molecule has 1 atom stereocenters. The lowest BCUT2D eigenvalue weighted by Crippen LogP contribution is -2.30. The molecule has 136 valence electrons. The van der Waals surface area contributed by atoms with Crippen molar-refractivity contribution in [2.45, 2.75) is 37.1 Å². The van der Waals surface area contributed by atoms with E-state index in [1.807, 2.05) is 12.1 Å². The van der Waals surface area contributed by atoms with E-state index >= 15 is 0 Å². The summed E-state index contributed by atoms with van der Waals surface area (Å²) in [5.74, 6) is -0.443. The van der Waals surface area contributed by atoms with Gasteiger partial charge in [-0.3, -0.25) is 4.79 Å². The van der Waals surface area contributed by atoms with E-state index in [9.17, 15) is 13.2 Å². The molecule has 1 aromatic heterocycles. The van der Waals surface area contributed by atoms with Gasteiger partial charge < -0.3 is 15.5 Å². The highest BCUT2D eigenvalue weighted by Gasteiger charge is 2.25. The molecule has 0 aliphatic heterocycles. The van der Waals surface area contributed by atoms with Gasteiger partial charge in [0.2, 0.25) is 10.0 Å². The van der Waals surface area contributed by atoms with Gasteiger partial charge in [-0.1, -0.05) is 6.07 Å². The number of rotatable bonds is 3. The average molecular weight is 386 g/mol. The fraction of sp³-hybridized carbons (Fsp3) is 0.312. The molecule has 3 rings (SSSR count). The monoisotopic (exact) mass is 385 g/mol. The quantitative estimate of drug-likeness (QED) is 0.696. The van der Waals surface area contributed by atoms with Gasteiger partial charge in [-0.2, -0.15) is 0 Å². The van der Waals surface area contributed by atoms with Crippen LogP contribution in [-0.4, -0.2) is 14.3 Å². The molecule has 2 aromatic rings. The molecular weight excluding hydrogens is 366 g/mol. The maximum absolute atomic E-state index is 12.4. The SMILES string of the molecule is Cc1oc(C(=O)NC2CCCc3cc(N)ccc32)cc1S(N)(=O)=O.Cl. The van der Waals surface area contributed by atoms with Crippen LogP contribution in [0.25, 0.3) is 0 Å². The minimum absolute atomic E-state index is 0. The number of hydrogen-bond donors (Lipinski definition) is 3. The third-order valence-corrected chi connectivity index (χ3v) is 5.21. The zero-order valence-electron chi connectivity index (χ0n) is 13.6. The number of nitrogens with two attached hydrogens (primary N) is 2. The summed E-state index contributed by atoms with van der Waals surface area (Å²) in [7, 11) is -3.92. The van der Waals surface area contributed by atoms with Crippen LogP contribution < -0.4 is 16.2 Å². The first-order chi connectivity index (χ1) is 11.3. The molecular formula is C16H20ClN3O4S. The van der Waals surface area contributed by atoms with Crippen molar-refractivity contribution in [2.75, 3.05) is 5.73 Å². The van der Waals surface area contributed by atoms with Crippen LogP contribution in [0.3, 0.4) is 0 Å². The molecule has 0 saturated heterocycles. The van der Waals surface area contributed by atoms with Crippen LogP contribution in [0, 0.1) is 6.92 Å². The van der Waals surface area contributed by atoms with Gasteiger partial charge in [-0.15, -0.1) is 12.4 Å². The van der Waals surface area contributed by atoms with Gasteiger partial charge >= 0.3 is 0 Å². The van der Waals surface area contributed by atoms with Crippen molar-refractivity contribution in [1.82, 2.24) is 5.32 Å². The number of halogens is 1. The van der Waals surface area contributed by atoms with Crippen LogP contribution >= 0.6 is 12.4 Å². The average Bonchev–Trinajstić information content (AvgIpc) is 2.89. The molecule has 0 spiro atoms. The van der Waals surface area contributed by atoms with Crippen molar-refractivity contribution < 1.29 is 17.6 Å². The molecule has 9 heteroatoms. The Balaban J connectivity index is 0.00000225. The van der Waals surface area contributed by atoms with E-state index in [2.05, 4.69) is 5.32 Å². The summed E-state index contributed by atoms with van der Waals surface area (Å²) in [6.45, 7) is 1.45. The lowest BCUT2D eigenvalue weighted by molar-refractivity contribution is 0.0903. The number of primary sulfonamides is 1. The molecule has 0 radical (unpaired) electrons. The Morgan fingerprint density at radius 2 is 2.04 bits per heavy atom. The number of hydrogen-bond acceptors (Lipinski definition) is 5. The number of benzene rings is 1. The van der Waals surface area contributed by atoms with Gasteiger partial charge in [0.05, 0.1) is 6.04 Å². The van der Waals surface area contributed by atoms with Gasteiger partial charge in [-0.25, -0.2) is 13.6 Å². The normalized spacial score (nSPS) is 16.6. The Morgan fingerprint density at radius 1 is 1.32 bits per heavy atom. The zero-order chi connectivity index (χ0) is 17.5. The standard InChI is InChI=1S/C16H19N3O4S.ClH/c1-9-15(24(18,21)22)8-14(23-9)16(20)19-13-4-2-3-10-7-11(17)5-6-12(10)13;/h5-8,13H,2-4,17H2,1H3,(H,19,20)(H2,18,21,22);1H. The number of carbonyl (C=O) groups is 1. The van der Waals surface area contributed by atoms with E-state index in [0.717, 1.165) is 36.5 Å². The molecule has 1 aromatic carbocycles.